The summed E-state index contributed by atoms with van der Waals surface area (Å²) in [5.74, 6) is -0.221. The van der Waals surface area contributed by atoms with E-state index >= 15 is 0 Å². The summed E-state index contributed by atoms with van der Waals surface area (Å²) in [5.41, 5.74) is 6.21. The molecule has 0 amide bonds. The molecule has 0 heterocycles. The molecule has 0 aromatic heterocycles. The number of nitrogens with two attached hydrogens (primary N) is 1. The third-order valence-corrected chi connectivity index (χ3v) is 2.28. The van der Waals surface area contributed by atoms with Crippen molar-refractivity contribution in [3.8, 4) is 0 Å². The normalized spacial score (nSPS) is 9.00. The third-order valence-electron chi connectivity index (χ3n) is 1.23. The Hall–Kier alpha value is 0.130. The SMILES string of the molecule is Cl.NCc1cc(F)ccc1I. The van der Waals surface area contributed by atoms with Gasteiger partial charge in [0.2, 0.25) is 0 Å². The van der Waals surface area contributed by atoms with Gasteiger partial charge in [0, 0.05) is 10.1 Å². The zero-order chi connectivity index (χ0) is 7.56. The van der Waals surface area contributed by atoms with Crippen LogP contribution in [0, 0.1) is 9.39 Å². The van der Waals surface area contributed by atoms with Gasteiger partial charge in [-0.05, 0) is 46.4 Å². The van der Waals surface area contributed by atoms with Gasteiger partial charge in [-0.2, -0.15) is 0 Å². The van der Waals surface area contributed by atoms with E-state index in [0.717, 1.165) is 9.13 Å². The minimum atomic E-state index is -0.221. The molecule has 62 valence electrons. The van der Waals surface area contributed by atoms with E-state index in [9.17, 15) is 4.39 Å². The second-order valence-corrected chi connectivity index (χ2v) is 3.10. The molecule has 0 saturated heterocycles. The summed E-state index contributed by atoms with van der Waals surface area (Å²) in [6, 6.07) is 4.61. The fraction of sp³-hybridized carbons (Fsp3) is 0.143. The van der Waals surface area contributed by atoms with Crippen LogP contribution in [0.3, 0.4) is 0 Å². The maximum Gasteiger partial charge on any atom is 0.123 e. The van der Waals surface area contributed by atoms with Crippen molar-refractivity contribution in [2.45, 2.75) is 6.54 Å². The van der Waals surface area contributed by atoms with Gasteiger partial charge in [-0.1, -0.05) is 0 Å². The Bertz CT molecular complexity index is 242. The van der Waals surface area contributed by atoms with Gasteiger partial charge in [-0.3, -0.25) is 0 Å². The molecule has 4 heteroatoms. The van der Waals surface area contributed by atoms with E-state index < -0.39 is 0 Å². The summed E-state index contributed by atoms with van der Waals surface area (Å²) in [5, 5.41) is 0. The molecule has 1 nitrogen and oxygen atoms in total. The van der Waals surface area contributed by atoms with E-state index in [-0.39, 0.29) is 18.2 Å². The maximum absolute atomic E-state index is 12.5. The Kier molecular flexibility index (Phi) is 4.96. The zero-order valence-corrected chi connectivity index (χ0v) is 8.65. The predicted molar refractivity (Wildman–Crippen MR) is 54.3 cm³/mol. The highest BCUT2D eigenvalue weighted by molar-refractivity contribution is 14.1. The van der Waals surface area contributed by atoms with Crippen molar-refractivity contribution in [2.75, 3.05) is 0 Å². The van der Waals surface area contributed by atoms with Gasteiger partial charge in [-0.25, -0.2) is 4.39 Å². The molecule has 0 saturated carbocycles. The summed E-state index contributed by atoms with van der Waals surface area (Å²) in [4.78, 5) is 0. The molecule has 0 aliphatic rings. The summed E-state index contributed by atoms with van der Waals surface area (Å²) in [6.07, 6.45) is 0. The van der Waals surface area contributed by atoms with Crippen LogP contribution in [-0.2, 0) is 6.54 Å². The van der Waals surface area contributed by atoms with Crippen molar-refractivity contribution in [2.24, 2.45) is 5.73 Å². The molecular formula is C7H8ClFIN. The molecule has 0 fully saturated rings. The lowest BCUT2D eigenvalue weighted by atomic mass is 10.2. The zero-order valence-electron chi connectivity index (χ0n) is 5.68. The molecule has 0 spiro atoms. The van der Waals surface area contributed by atoms with Gasteiger partial charge >= 0.3 is 0 Å². The minimum Gasteiger partial charge on any atom is -0.326 e. The van der Waals surface area contributed by atoms with Crippen molar-refractivity contribution >= 4 is 35.0 Å². The third kappa shape index (κ3) is 2.92. The summed E-state index contributed by atoms with van der Waals surface area (Å²) in [6.45, 7) is 0.399. The summed E-state index contributed by atoms with van der Waals surface area (Å²) < 4.78 is 13.5. The van der Waals surface area contributed by atoms with Gasteiger partial charge in [0.05, 0.1) is 0 Å². The van der Waals surface area contributed by atoms with Crippen LogP contribution in [0.15, 0.2) is 18.2 Å². The molecule has 0 radical (unpaired) electrons. The van der Waals surface area contributed by atoms with Crippen molar-refractivity contribution < 1.29 is 4.39 Å². The number of halogens is 3. The van der Waals surface area contributed by atoms with E-state index in [0.29, 0.717) is 6.54 Å². The Morgan fingerprint density at radius 1 is 1.45 bits per heavy atom. The number of hydrogen-bond acceptors (Lipinski definition) is 1. The molecule has 0 bridgehead atoms. The Labute approximate surface area is 84.7 Å². The predicted octanol–water partition coefficient (Wildman–Crippen LogP) is 2.31. The number of rotatable bonds is 1. The van der Waals surface area contributed by atoms with Crippen molar-refractivity contribution in [3.05, 3.63) is 33.1 Å². The van der Waals surface area contributed by atoms with Crippen molar-refractivity contribution in [1.29, 1.82) is 0 Å². The lowest BCUT2D eigenvalue weighted by Gasteiger charge is -1.98. The highest BCUT2D eigenvalue weighted by Crippen LogP contribution is 2.12. The van der Waals surface area contributed by atoms with Crippen molar-refractivity contribution in [3.63, 3.8) is 0 Å². The molecular weight excluding hydrogens is 279 g/mol. The fourth-order valence-corrected chi connectivity index (χ4v) is 1.26. The largest absolute Gasteiger partial charge is 0.326 e. The molecule has 0 aliphatic carbocycles. The van der Waals surface area contributed by atoms with E-state index in [4.69, 9.17) is 5.73 Å². The van der Waals surface area contributed by atoms with Crippen LogP contribution in [0.4, 0.5) is 4.39 Å². The quantitative estimate of drug-likeness (QED) is 0.788. The first-order valence-corrected chi connectivity index (χ1v) is 3.96. The van der Waals surface area contributed by atoms with Crippen LogP contribution in [-0.4, -0.2) is 0 Å². The molecule has 1 aromatic carbocycles. The van der Waals surface area contributed by atoms with Crippen LogP contribution >= 0.6 is 35.0 Å². The first-order chi connectivity index (χ1) is 4.74. The Morgan fingerprint density at radius 3 is 2.55 bits per heavy atom. The number of benzene rings is 1. The van der Waals surface area contributed by atoms with Crippen LogP contribution < -0.4 is 5.73 Å². The van der Waals surface area contributed by atoms with Gasteiger partial charge in [0.15, 0.2) is 0 Å². The Morgan fingerprint density at radius 2 is 2.09 bits per heavy atom. The molecule has 2 N–H and O–H groups in total. The van der Waals surface area contributed by atoms with Crippen LogP contribution in [0.2, 0.25) is 0 Å². The highest BCUT2D eigenvalue weighted by Gasteiger charge is 1.97. The lowest BCUT2D eigenvalue weighted by Crippen LogP contribution is -1.99. The lowest BCUT2D eigenvalue weighted by molar-refractivity contribution is 0.625. The molecule has 11 heavy (non-hydrogen) atoms. The van der Waals surface area contributed by atoms with E-state index in [1.807, 2.05) is 0 Å². The van der Waals surface area contributed by atoms with E-state index in [1.54, 1.807) is 6.07 Å². The first-order valence-electron chi connectivity index (χ1n) is 2.88. The van der Waals surface area contributed by atoms with Crippen LogP contribution in [0.5, 0.6) is 0 Å². The summed E-state index contributed by atoms with van der Waals surface area (Å²) in [7, 11) is 0. The maximum atomic E-state index is 12.5. The van der Waals surface area contributed by atoms with E-state index in [2.05, 4.69) is 22.6 Å². The van der Waals surface area contributed by atoms with E-state index in [1.165, 1.54) is 12.1 Å². The average molecular weight is 288 g/mol. The van der Waals surface area contributed by atoms with Gasteiger partial charge < -0.3 is 5.73 Å². The highest BCUT2D eigenvalue weighted by atomic mass is 127. The van der Waals surface area contributed by atoms with Gasteiger partial charge in [0.25, 0.3) is 0 Å². The van der Waals surface area contributed by atoms with Crippen molar-refractivity contribution in [1.82, 2.24) is 0 Å². The fourth-order valence-electron chi connectivity index (χ4n) is 0.700. The first kappa shape index (κ1) is 11.1. The smallest absolute Gasteiger partial charge is 0.123 e. The van der Waals surface area contributed by atoms with Gasteiger partial charge in [-0.15, -0.1) is 12.4 Å². The van der Waals surface area contributed by atoms with Gasteiger partial charge in [0.1, 0.15) is 5.82 Å². The molecule has 1 rings (SSSR count). The number of hydrogen-bond donors (Lipinski definition) is 1. The molecule has 0 atom stereocenters. The van der Waals surface area contributed by atoms with Crippen LogP contribution in [0.25, 0.3) is 0 Å². The molecule has 0 aliphatic heterocycles. The standard InChI is InChI=1S/C7H7FIN.ClH/c8-6-1-2-7(9)5(3-6)4-10;/h1-3H,4,10H2;1H. The minimum absolute atomic E-state index is 0. The second kappa shape index (κ2) is 4.90. The monoisotopic (exact) mass is 287 g/mol. The second-order valence-electron chi connectivity index (χ2n) is 1.94. The Balaban J connectivity index is 0.000001000. The molecule has 1 aromatic rings. The average Bonchev–Trinajstić information content (AvgIpc) is 1.94. The topological polar surface area (TPSA) is 26.0 Å². The molecule has 0 unspecified atom stereocenters. The summed E-state index contributed by atoms with van der Waals surface area (Å²) >= 11 is 2.13. The van der Waals surface area contributed by atoms with Crippen LogP contribution in [0.1, 0.15) is 5.56 Å².